The molecule has 20 heavy (non-hydrogen) atoms. The van der Waals surface area contributed by atoms with Crippen LogP contribution < -0.4 is 5.32 Å². The van der Waals surface area contributed by atoms with Crippen LogP contribution in [0.3, 0.4) is 0 Å². The molecule has 114 valence electrons. The van der Waals surface area contributed by atoms with Crippen LogP contribution in [0.15, 0.2) is 29.3 Å². The molecular formula is C15H25FIN3. The van der Waals surface area contributed by atoms with Gasteiger partial charge in [0.15, 0.2) is 5.96 Å². The minimum atomic E-state index is -0.200. The van der Waals surface area contributed by atoms with Gasteiger partial charge in [-0.3, -0.25) is 4.99 Å². The molecule has 0 fully saturated rings. The molecule has 0 aliphatic rings. The van der Waals surface area contributed by atoms with Crippen LogP contribution >= 0.6 is 24.0 Å². The molecule has 5 heteroatoms. The first kappa shape index (κ1) is 19.1. The SMILES string of the molecule is CN=C(NCCC(C)C)N(C)Cc1cccc(F)c1.I. The first-order valence-corrected chi connectivity index (χ1v) is 6.69. The average molecular weight is 393 g/mol. The molecule has 1 aromatic rings. The highest BCUT2D eigenvalue weighted by atomic mass is 127. The van der Waals surface area contributed by atoms with Gasteiger partial charge in [-0.05, 0) is 30.0 Å². The highest BCUT2D eigenvalue weighted by molar-refractivity contribution is 14.0. The molecule has 0 bridgehead atoms. The van der Waals surface area contributed by atoms with Crippen molar-refractivity contribution < 1.29 is 4.39 Å². The molecule has 1 N–H and O–H groups in total. The normalized spacial score (nSPS) is 11.2. The van der Waals surface area contributed by atoms with E-state index < -0.39 is 0 Å². The molecule has 0 unspecified atom stereocenters. The van der Waals surface area contributed by atoms with Crippen molar-refractivity contribution in [2.24, 2.45) is 10.9 Å². The average Bonchev–Trinajstić information content (AvgIpc) is 2.34. The summed E-state index contributed by atoms with van der Waals surface area (Å²) in [7, 11) is 3.72. The van der Waals surface area contributed by atoms with Crippen molar-refractivity contribution in [2.75, 3.05) is 20.6 Å². The van der Waals surface area contributed by atoms with Crippen molar-refractivity contribution in [3.05, 3.63) is 35.6 Å². The number of hydrogen-bond donors (Lipinski definition) is 1. The van der Waals surface area contributed by atoms with Crippen molar-refractivity contribution in [3.63, 3.8) is 0 Å². The maximum atomic E-state index is 13.1. The molecule has 0 heterocycles. The molecule has 0 atom stereocenters. The summed E-state index contributed by atoms with van der Waals surface area (Å²) in [5.41, 5.74) is 0.939. The lowest BCUT2D eigenvalue weighted by atomic mass is 10.1. The number of halogens is 2. The maximum Gasteiger partial charge on any atom is 0.193 e. The van der Waals surface area contributed by atoms with E-state index >= 15 is 0 Å². The molecule has 1 rings (SSSR count). The Morgan fingerprint density at radius 1 is 1.40 bits per heavy atom. The van der Waals surface area contributed by atoms with Crippen LogP contribution in [0.5, 0.6) is 0 Å². The van der Waals surface area contributed by atoms with E-state index in [-0.39, 0.29) is 29.8 Å². The standard InChI is InChI=1S/C15H24FN3.HI/c1-12(2)8-9-18-15(17-3)19(4)11-13-6-5-7-14(16)10-13;/h5-7,10,12H,8-9,11H2,1-4H3,(H,17,18);1H. The fraction of sp³-hybridized carbons (Fsp3) is 0.533. The van der Waals surface area contributed by atoms with Crippen molar-refractivity contribution in [2.45, 2.75) is 26.8 Å². The molecule has 0 aromatic heterocycles. The third kappa shape index (κ3) is 7.07. The van der Waals surface area contributed by atoms with Gasteiger partial charge in [-0.2, -0.15) is 0 Å². The lowest BCUT2D eigenvalue weighted by Gasteiger charge is -2.22. The largest absolute Gasteiger partial charge is 0.356 e. The van der Waals surface area contributed by atoms with E-state index in [0.29, 0.717) is 12.5 Å². The summed E-state index contributed by atoms with van der Waals surface area (Å²) in [6.07, 6.45) is 1.10. The second-order valence-corrected chi connectivity index (χ2v) is 5.14. The van der Waals surface area contributed by atoms with E-state index in [1.807, 2.05) is 18.0 Å². The summed E-state index contributed by atoms with van der Waals surface area (Å²) < 4.78 is 13.1. The Morgan fingerprint density at radius 2 is 2.10 bits per heavy atom. The molecule has 0 saturated heterocycles. The third-order valence-electron chi connectivity index (χ3n) is 2.89. The monoisotopic (exact) mass is 393 g/mol. The number of rotatable bonds is 5. The van der Waals surface area contributed by atoms with Gasteiger partial charge in [0.1, 0.15) is 5.82 Å². The molecule has 0 aliphatic heterocycles. The predicted octanol–water partition coefficient (Wildman–Crippen LogP) is 3.50. The molecule has 3 nitrogen and oxygen atoms in total. The van der Waals surface area contributed by atoms with Crippen LogP contribution in [0.25, 0.3) is 0 Å². The van der Waals surface area contributed by atoms with Gasteiger partial charge >= 0.3 is 0 Å². The van der Waals surface area contributed by atoms with Crippen LogP contribution in [0.1, 0.15) is 25.8 Å². The lowest BCUT2D eigenvalue weighted by Crippen LogP contribution is -2.39. The van der Waals surface area contributed by atoms with Gasteiger partial charge in [-0.25, -0.2) is 4.39 Å². The van der Waals surface area contributed by atoms with E-state index in [1.54, 1.807) is 19.2 Å². The van der Waals surface area contributed by atoms with E-state index in [1.165, 1.54) is 6.07 Å². The predicted molar refractivity (Wildman–Crippen MR) is 94.1 cm³/mol. The van der Waals surface area contributed by atoms with Gasteiger partial charge in [-0.15, -0.1) is 24.0 Å². The molecule has 0 amide bonds. The topological polar surface area (TPSA) is 27.6 Å². The fourth-order valence-electron chi connectivity index (χ4n) is 1.84. The van der Waals surface area contributed by atoms with Gasteiger partial charge in [0.05, 0.1) is 0 Å². The summed E-state index contributed by atoms with van der Waals surface area (Å²) in [4.78, 5) is 6.24. The van der Waals surface area contributed by atoms with Gasteiger partial charge in [0, 0.05) is 27.2 Å². The summed E-state index contributed by atoms with van der Waals surface area (Å²) in [6, 6.07) is 6.66. The summed E-state index contributed by atoms with van der Waals surface area (Å²) in [5.74, 6) is 1.30. The van der Waals surface area contributed by atoms with Crippen LogP contribution in [0, 0.1) is 11.7 Å². The Hall–Kier alpha value is -0.850. The summed E-state index contributed by atoms with van der Waals surface area (Å²) in [6.45, 7) is 5.93. The van der Waals surface area contributed by atoms with Crippen molar-refractivity contribution in [3.8, 4) is 0 Å². The lowest BCUT2D eigenvalue weighted by molar-refractivity contribution is 0.467. The first-order valence-electron chi connectivity index (χ1n) is 6.69. The minimum Gasteiger partial charge on any atom is -0.356 e. The minimum absolute atomic E-state index is 0. The maximum absolute atomic E-state index is 13.1. The van der Waals surface area contributed by atoms with E-state index in [9.17, 15) is 4.39 Å². The van der Waals surface area contributed by atoms with Gasteiger partial charge < -0.3 is 10.2 Å². The zero-order valence-electron chi connectivity index (χ0n) is 12.7. The summed E-state index contributed by atoms with van der Waals surface area (Å²) in [5, 5.41) is 3.32. The molecule has 0 saturated carbocycles. The van der Waals surface area contributed by atoms with E-state index in [2.05, 4.69) is 24.2 Å². The van der Waals surface area contributed by atoms with Crippen LogP contribution in [0.2, 0.25) is 0 Å². The second-order valence-electron chi connectivity index (χ2n) is 5.14. The number of nitrogens with zero attached hydrogens (tertiary/aromatic N) is 2. The number of guanidine groups is 1. The zero-order valence-corrected chi connectivity index (χ0v) is 15.0. The molecular weight excluding hydrogens is 368 g/mol. The smallest absolute Gasteiger partial charge is 0.193 e. The Morgan fingerprint density at radius 3 is 2.65 bits per heavy atom. The van der Waals surface area contributed by atoms with Crippen molar-refractivity contribution in [1.29, 1.82) is 0 Å². The van der Waals surface area contributed by atoms with Gasteiger partial charge in [0.2, 0.25) is 0 Å². The van der Waals surface area contributed by atoms with E-state index in [4.69, 9.17) is 0 Å². The molecule has 0 spiro atoms. The number of benzene rings is 1. The third-order valence-corrected chi connectivity index (χ3v) is 2.89. The Bertz CT molecular complexity index is 421. The van der Waals surface area contributed by atoms with Gasteiger partial charge in [0.25, 0.3) is 0 Å². The van der Waals surface area contributed by atoms with Crippen LogP contribution in [-0.2, 0) is 6.54 Å². The molecule has 0 radical (unpaired) electrons. The zero-order chi connectivity index (χ0) is 14.3. The highest BCUT2D eigenvalue weighted by Crippen LogP contribution is 2.06. The Kier molecular flexibility index (Phi) is 9.54. The van der Waals surface area contributed by atoms with Crippen molar-refractivity contribution in [1.82, 2.24) is 10.2 Å². The Balaban J connectivity index is 0.00000361. The number of aliphatic imine (C=N–C) groups is 1. The van der Waals surface area contributed by atoms with E-state index in [0.717, 1.165) is 24.5 Å². The number of nitrogens with one attached hydrogen (secondary N) is 1. The number of hydrogen-bond acceptors (Lipinski definition) is 1. The van der Waals surface area contributed by atoms with Gasteiger partial charge in [-0.1, -0.05) is 26.0 Å². The quantitative estimate of drug-likeness (QED) is 0.471. The van der Waals surface area contributed by atoms with Crippen LogP contribution in [0.4, 0.5) is 4.39 Å². The fourth-order valence-corrected chi connectivity index (χ4v) is 1.84. The summed E-state index contributed by atoms with van der Waals surface area (Å²) >= 11 is 0. The Labute approximate surface area is 138 Å². The van der Waals surface area contributed by atoms with Crippen LogP contribution in [-0.4, -0.2) is 31.5 Å². The molecule has 1 aromatic carbocycles. The highest BCUT2D eigenvalue weighted by Gasteiger charge is 2.07. The van der Waals surface area contributed by atoms with Crippen molar-refractivity contribution >= 4 is 29.9 Å². The molecule has 0 aliphatic carbocycles. The first-order chi connectivity index (χ1) is 9.02. The second kappa shape index (κ2) is 9.96.